The Kier molecular flexibility index (Phi) is 2.19. The number of hydrogen-bond donors (Lipinski definition) is 1. The second-order valence-electron chi connectivity index (χ2n) is 5.57. The van der Waals surface area contributed by atoms with Gasteiger partial charge in [0.1, 0.15) is 11.2 Å². The van der Waals surface area contributed by atoms with Gasteiger partial charge in [0.15, 0.2) is 5.65 Å². The third kappa shape index (κ3) is 1.36. The number of hydrogen-bond acceptors (Lipinski definition) is 5. The van der Waals surface area contributed by atoms with Crippen LogP contribution in [0.1, 0.15) is 36.1 Å². The zero-order chi connectivity index (χ0) is 14.1. The molecule has 5 rings (SSSR count). The van der Waals surface area contributed by atoms with Crippen LogP contribution in [0.4, 0.5) is 0 Å². The van der Waals surface area contributed by atoms with Crippen LogP contribution < -0.4 is 0 Å². The number of fused-ring (bicyclic) bond motifs is 8. The Hall–Kier alpha value is -1.80. The number of aromatic nitrogens is 6. The van der Waals surface area contributed by atoms with Crippen molar-refractivity contribution in [3.8, 4) is 0 Å². The Morgan fingerprint density at radius 1 is 1.48 bits per heavy atom. The van der Waals surface area contributed by atoms with Gasteiger partial charge in [-0.1, -0.05) is 6.92 Å². The first-order chi connectivity index (χ1) is 10.3. The van der Waals surface area contributed by atoms with Crippen LogP contribution in [0, 0.1) is 4.77 Å². The number of aromatic amines is 1. The highest BCUT2D eigenvalue weighted by atomic mass is 32.1. The quantitative estimate of drug-likeness (QED) is 0.506. The second-order valence-corrected chi connectivity index (χ2v) is 7.04. The van der Waals surface area contributed by atoms with Crippen molar-refractivity contribution in [1.29, 1.82) is 0 Å². The van der Waals surface area contributed by atoms with E-state index in [0.717, 1.165) is 16.9 Å². The molecule has 0 spiro atoms. The monoisotopic (exact) mass is 316 g/mol. The van der Waals surface area contributed by atoms with Crippen molar-refractivity contribution in [2.75, 3.05) is 0 Å². The van der Waals surface area contributed by atoms with Crippen LogP contribution >= 0.6 is 23.6 Å². The van der Waals surface area contributed by atoms with Gasteiger partial charge in [-0.05, 0) is 43.0 Å². The lowest BCUT2D eigenvalue weighted by Gasteiger charge is -2.18. The Balaban J connectivity index is 2.15. The molecule has 4 aromatic heterocycles. The van der Waals surface area contributed by atoms with Crippen LogP contribution in [0.15, 0.2) is 6.33 Å². The highest BCUT2D eigenvalue weighted by molar-refractivity contribution is 7.71. The number of nitrogens with zero attached hydrogens (tertiary/aromatic N) is 5. The Morgan fingerprint density at radius 3 is 3.29 bits per heavy atom. The maximum Gasteiger partial charge on any atom is 0.257 e. The smallest absolute Gasteiger partial charge is 0.249 e. The lowest BCUT2D eigenvalue weighted by molar-refractivity contribution is 0.602. The molecule has 6 nitrogen and oxygen atoms in total. The van der Waals surface area contributed by atoms with Gasteiger partial charge in [0.05, 0.1) is 5.39 Å². The minimum absolute atomic E-state index is 0.557. The first-order valence-electron chi connectivity index (χ1n) is 7.00. The van der Waals surface area contributed by atoms with Crippen LogP contribution in [0.2, 0.25) is 0 Å². The summed E-state index contributed by atoms with van der Waals surface area (Å²) < 4.78 is 4.38. The summed E-state index contributed by atoms with van der Waals surface area (Å²) in [5, 5.41) is 12.7. The SMILES string of the molecule is C[C@H]1CCCc2sc3c(c21)c1ncnn1c1n[nH]c(=S)n31. The van der Waals surface area contributed by atoms with Crippen molar-refractivity contribution in [1.82, 2.24) is 29.2 Å². The van der Waals surface area contributed by atoms with Crippen molar-refractivity contribution in [3.05, 3.63) is 21.5 Å². The van der Waals surface area contributed by atoms with Gasteiger partial charge in [-0.3, -0.25) is 0 Å². The third-order valence-corrected chi connectivity index (χ3v) is 5.88. The van der Waals surface area contributed by atoms with E-state index in [4.69, 9.17) is 12.2 Å². The molecule has 0 saturated heterocycles. The van der Waals surface area contributed by atoms with E-state index >= 15 is 0 Å². The number of rotatable bonds is 0. The standard InChI is InChI=1S/C13H12N6S2/c1-6-3-2-4-7-8(6)9-10-14-5-15-19(10)12-16-17-13(20)18(12)11(9)21-7/h5-6H,2-4H2,1H3,(H,17,20)/t6-/m0/s1. The minimum Gasteiger partial charge on any atom is -0.249 e. The summed E-state index contributed by atoms with van der Waals surface area (Å²) in [7, 11) is 0. The molecule has 1 aliphatic rings. The van der Waals surface area contributed by atoms with Crippen LogP contribution in [0.25, 0.3) is 21.6 Å². The molecule has 1 aliphatic carbocycles. The molecule has 0 aromatic carbocycles. The van der Waals surface area contributed by atoms with E-state index in [1.54, 1.807) is 10.8 Å². The van der Waals surface area contributed by atoms with Crippen molar-refractivity contribution in [3.63, 3.8) is 0 Å². The summed E-state index contributed by atoms with van der Waals surface area (Å²) >= 11 is 7.24. The van der Waals surface area contributed by atoms with Gasteiger partial charge < -0.3 is 0 Å². The molecular formula is C13H12N6S2. The van der Waals surface area contributed by atoms with Crippen molar-refractivity contribution >= 4 is 45.2 Å². The Labute approximate surface area is 128 Å². The molecule has 106 valence electrons. The molecule has 0 bridgehead atoms. The van der Waals surface area contributed by atoms with Crippen molar-refractivity contribution in [2.24, 2.45) is 0 Å². The van der Waals surface area contributed by atoms with Crippen molar-refractivity contribution in [2.45, 2.75) is 32.1 Å². The molecule has 8 heteroatoms. The van der Waals surface area contributed by atoms with Gasteiger partial charge in [0.2, 0.25) is 4.77 Å². The molecule has 0 amide bonds. The van der Waals surface area contributed by atoms with Crippen LogP contribution in [0.5, 0.6) is 0 Å². The van der Waals surface area contributed by atoms with Gasteiger partial charge in [0, 0.05) is 4.88 Å². The summed E-state index contributed by atoms with van der Waals surface area (Å²) in [5.74, 6) is 1.26. The zero-order valence-corrected chi connectivity index (χ0v) is 13.0. The largest absolute Gasteiger partial charge is 0.257 e. The van der Waals surface area contributed by atoms with Crippen LogP contribution in [-0.2, 0) is 6.42 Å². The summed E-state index contributed by atoms with van der Waals surface area (Å²) in [6.45, 7) is 2.30. The maximum atomic E-state index is 5.41. The van der Waals surface area contributed by atoms with Gasteiger partial charge in [-0.25, -0.2) is 14.5 Å². The molecule has 0 saturated carbocycles. The van der Waals surface area contributed by atoms with E-state index < -0.39 is 0 Å². The first-order valence-corrected chi connectivity index (χ1v) is 8.22. The van der Waals surface area contributed by atoms with Crippen molar-refractivity contribution < 1.29 is 0 Å². The zero-order valence-electron chi connectivity index (χ0n) is 11.3. The summed E-state index contributed by atoms with van der Waals surface area (Å²) in [6.07, 6.45) is 5.22. The van der Waals surface area contributed by atoms with E-state index in [9.17, 15) is 0 Å². The molecular weight excluding hydrogens is 304 g/mol. The van der Waals surface area contributed by atoms with Gasteiger partial charge in [0.25, 0.3) is 5.78 Å². The molecule has 0 aliphatic heterocycles. The van der Waals surface area contributed by atoms with E-state index in [1.165, 1.54) is 28.7 Å². The molecule has 4 aromatic rings. The predicted octanol–water partition coefficient (Wildman–Crippen LogP) is 3.09. The van der Waals surface area contributed by atoms with Crippen LogP contribution in [-0.4, -0.2) is 29.2 Å². The average Bonchev–Trinajstić information content (AvgIpc) is 3.13. The summed E-state index contributed by atoms with van der Waals surface area (Å²) in [5.41, 5.74) is 2.32. The minimum atomic E-state index is 0.557. The van der Waals surface area contributed by atoms with Gasteiger partial charge in [-0.2, -0.15) is 9.61 Å². The fraction of sp³-hybridized carbons (Fsp3) is 0.385. The molecule has 1 N–H and O–H groups in total. The fourth-order valence-corrected chi connectivity index (χ4v) is 5.18. The number of aryl methyl sites for hydroxylation is 1. The Morgan fingerprint density at radius 2 is 2.38 bits per heavy atom. The first kappa shape index (κ1) is 11.8. The lowest BCUT2D eigenvalue weighted by atomic mass is 9.87. The topological polar surface area (TPSA) is 63.3 Å². The van der Waals surface area contributed by atoms with E-state index in [0.29, 0.717) is 16.5 Å². The highest BCUT2D eigenvalue weighted by Crippen LogP contribution is 2.43. The van der Waals surface area contributed by atoms with E-state index in [2.05, 4.69) is 27.2 Å². The average molecular weight is 316 g/mol. The van der Waals surface area contributed by atoms with E-state index in [-0.39, 0.29) is 0 Å². The molecule has 1 atom stereocenters. The normalized spacial score (nSPS) is 18.8. The summed E-state index contributed by atoms with van der Waals surface area (Å²) in [4.78, 5) is 7.08. The molecule has 0 radical (unpaired) electrons. The van der Waals surface area contributed by atoms with Gasteiger partial charge in [-0.15, -0.1) is 16.4 Å². The predicted molar refractivity (Wildman–Crippen MR) is 83.7 cm³/mol. The summed E-state index contributed by atoms with van der Waals surface area (Å²) in [6, 6.07) is 0. The number of nitrogens with one attached hydrogen (secondary N) is 1. The molecule has 21 heavy (non-hydrogen) atoms. The Bertz CT molecular complexity index is 1070. The fourth-order valence-electron chi connectivity index (χ4n) is 3.44. The number of thiophene rings is 1. The molecule has 0 fully saturated rings. The molecule has 4 heterocycles. The van der Waals surface area contributed by atoms with E-state index in [1.807, 2.05) is 15.7 Å². The van der Waals surface area contributed by atoms with Crippen LogP contribution in [0.3, 0.4) is 0 Å². The second kappa shape index (κ2) is 3.89. The van der Waals surface area contributed by atoms with Gasteiger partial charge >= 0.3 is 0 Å². The molecule has 0 unspecified atom stereocenters. The third-order valence-electron chi connectivity index (χ3n) is 4.36. The maximum absolute atomic E-state index is 5.41. The number of H-pyrrole nitrogens is 1. The highest BCUT2D eigenvalue weighted by Gasteiger charge is 2.26. The lowest BCUT2D eigenvalue weighted by Crippen LogP contribution is -2.05.